The third-order valence-corrected chi connectivity index (χ3v) is 1.86. The number of alkyl halides is 3. The summed E-state index contributed by atoms with van der Waals surface area (Å²) in [7, 11) is 0. The summed E-state index contributed by atoms with van der Waals surface area (Å²) in [5.41, 5.74) is 0.680. The molecule has 1 heterocycles. The van der Waals surface area contributed by atoms with E-state index >= 15 is 0 Å². The van der Waals surface area contributed by atoms with Crippen LogP contribution in [0.15, 0.2) is 12.3 Å². The number of hydrogen-bond acceptors (Lipinski definition) is 3. The van der Waals surface area contributed by atoms with Gasteiger partial charge in [0.1, 0.15) is 11.6 Å². The molecule has 0 saturated carbocycles. The largest absolute Gasteiger partial charge is 0.464 e. The lowest BCUT2D eigenvalue weighted by atomic mass is 10.2. The van der Waals surface area contributed by atoms with E-state index in [9.17, 15) is 13.2 Å². The molecule has 1 aromatic heterocycles. The molecule has 0 aliphatic rings. The van der Waals surface area contributed by atoms with E-state index in [4.69, 9.17) is 5.26 Å². The summed E-state index contributed by atoms with van der Waals surface area (Å²) in [6.07, 6.45) is -5.12. The van der Waals surface area contributed by atoms with Crippen LogP contribution >= 0.6 is 0 Å². The number of nitriles is 1. The second-order valence-corrected chi connectivity index (χ2v) is 3.28. The Hall–Kier alpha value is -1.77. The molecular formula is C10H9F3N2O. The normalized spacial score (nSPS) is 13.0. The Kier molecular flexibility index (Phi) is 3.38. The average molecular weight is 230 g/mol. The van der Waals surface area contributed by atoms with Crippen molar-refractivity contribution in [1.82, 2.24) is 4.98 Å². The van der Waals surface area contributed by atoms with Gasteiger partial charge in [-0.25, -0.2) is 4.98 Å². The highest BCUT2D eigenvalue weighted by molar-refractivity contribution is 5.39. The Morgan fingerprint density at radius 1 is 1.50 bits per heavy atom. The highest BCUT2D eigenvalue weighted by Crippen LogP contribution is 2.25. The van der Waals surface area contributed by atoms with Crippen LogP contribution in [0.5, 0.6) is 5.88 Å². The molecule has 0 radical (unpaired) electrons. The summed E-state index contributed by atoms with van der Waals surface area (Å²) in [5.74, 6) is -0.294. The summed E-state index contributed by atoms with van der Waals surface area (Å²) in [5, 5.41) is 8.71. The fourth-order valence-electron chi connectivity index (χ4n) is 0.965. The van der Waals surface area contributed by atoms with Gasteiger partial charge in [0.15, 0.2) is 6.10 Å². The van der Waals surface area contributed by atoms with E-state index in [1.165, 1.54) is 12.3 Å². The monoisotopic (exact) mass is 230 g/mol. The number of aryl methyl sites for hydroxylation is 1. The SMILES string of the molecule is Cc1cnc(OC(C)C(F)(F)F)c(C#N)c1. The Morgan fingerprint density at radius 3 is 2.62 bits per heavy atom. The zero-order valence-electron chi connectivity index (χ0n) is 8.67. The number of hydrogen-bond donors (Lipinski definition) is 0. The molecule has 1 unspecified atom stereocenters. The summed E-state index contributed by atoms with van der Waals surface area (Å²) in [6, 6.07) is 3.16. The first-order valence-corrected chi connectivity index (χ1v) is 4.44. The predicted octanol–water partition coefficient (Wildman–Crippen LogP) is 2.59. The first kappa shape index (κ1) is 12.3. The second kappa shape index (κ2) is 4.39. The molecule has 16 heavy (non-hydrogen) atoms. The van der Waals surface area contributed by atoms with Gasteiger partial charge >= 0.3 is 6.18 Å². The molecule has 0 spiro atoms. The number of rotatable bonds is 2. The Morgan fingerprint density at radius 2 is 2.12 bits per heavy atom. The van der Waals surface area contributed by atoms with Crippen molar-refractivity contribution in [3.05, 3.63) is 23.4 Å². The van der Waals surface area contributed by atoms with Crippen molar-refractivity contribution in [2.45, 2.75) is 26.1 Å². The van der Waals surface area contributed by atoms with Gasteiger partial charge in [-0.15, -0.1) is 0 Å². The molecule has 1 aromatic rings. The van der Waals surface area contributed by atoms with Crippen molar-refractivity contribution in [3.63, 3.8) is 0 Å². The Bertz CT molecular complexity index is 423. The highest BCUT2D eigenvalue weighted by Gasteiger charge is 2.38. The van der Waals surface area contributed by atoms with Gasteiger partial charge in [-0.1, -0.05) is 0 Å². The van der Waals surface area contributed by atoms with Crippen LogP contribution in [-0.4, -0.2) is 17.3 Å². The number of ether oxygens (including phenoxy) is 1. The van der Waals surface area contributed by atoms with E-state index < -0.39 is 12.3 Å². The molecule has 6 heteroatoms. The van der Waals surface area contributed by atoms with Crippen molar-refractivity contribution < 1.29 is 17.9 Å². The molecule has 0 fully saturated rings. The van der Waals surface area contributed by atoms with Crippen LogP contribution in [-0.2, 0) is 0 Å². The van der Waals surface area contributed by atoms with Gasteiger partial charge < -0.3 is 4.74 Å². The number of halogens is 3. The molecule has 0 N–H and O–H groups in total. The van der Waals surface area contributed by atoms with Crippen molar-refractivity contribution in [2.24, 2.45) is 0 Å². The molecular weight excluding hydrogens is 221 g/mol. The maximum atomic E-state index is 12.2. The van der Waals surface area contributed by atoms with Crippen LogP contribution in [0.2, 0.25) is 0 Å². The molecule has 0 aromatic carbocycles. The van der Waals surface area contributed by atoms with Crippen LogP contribution in [0.25, 0.3) is 0 Å². The smallest absolute Gasteiger partial charge is 0.425 e. The van der Waals surface area contributed by atoms with Crippen molar-refractivity contribution >= 4 is 0 Å². The van der Waals surface area contributed by atoms with E-state index in [0.29, 0.717) is 5.56 Å². The Labute approximate surface area is 90.5 Å². The summed E-state index contributed by atoms with van der Waals surface area (Å²) in [4.78, 5) is 3.66. The van der Waals surface area contributed by atoms with Crippen LogP contribution in [0, 0.1) is 18.3 Å². The number of aromatic nitrogens is 1. The maximum absolute atomic E-state index is 12.2. The lowest BCUT2D eigenvalue weighted by molar-refractivity contribution is -0.190. The van der Waals surface area contributed by atoms with E-state index in [0.717, 1.165) is 6.92 Å². The molecule has 0 saturated heterocycles. The molecule has 0 bridgehead atoms. The van der Waals surface area contributed by atoms with Crippen LogP contribution < -0.4 is 4.74 Å². The van der Waals surface area contributed by atoms with E-state index in [2.05, 4.69) is 9.72 Å². The highest BCUT2D eigenvalue weighted by atomic mass is 19.4. The fraction of sp³-hybridized carbons (Fsp3) is 0.400. The zero-order valence-corrected chi connectivity index (χ0v) is 8.67. The molecule has 0 amide bonds. The zero-order chi connectivity index (χ0) is 12.3. The topological polar surface area (TPSA) is 45.9 Å². The first-order chi connectivity index (χ1) is 7.34. The lowest BCUT2D eigenvalue weighted by Gasteiger charge is -2.17. The van der Waals surface area contributed by atoms with Crippen LogP contribution in [0.3, 0.4) is 0 Å². The fourth-order valence-corrected chi connectivity index (χ4v) is 0.965. The van der Waals surface area contributed by atoms with E-state index in [1.807, 2.05) is 0 Å². The van der Waals surface area contributed by atoms with Gasteiger partial charge in [0.25, 0.3) is 0 Å². The summed E-state index contributed by atoms with van der Waals surface area (Å²) < 4.78 is 41.2. The average Bonchev–Trinajstić information content (AvgIpc) is 2.19. The van der Waals surface area contributed by atoms with Crippen molar-refractivity contribution in [1.29, 1.82) is 5.26 Å². The number of nitrogens with zero attached hydrogens (tertiary/aromatic N) is 2. The standard InChI is InChI=1S/C10H9F3N2O/c1-6-3-8(4-14)9(15-5-6)16-7(2)10(11,12)13/h3,5,7H,1-2H3. The van der Waals surface area contributed by atoms with Gasteiger partial charge in [0.2, 0.25) is 5.88 Å². The van der Waals surface area contributed by atoms with Crippen LogP contribution in [0.1, 0.15) is 18.1 Å². The molecule has 0 aliphatic carbocycles. The summed E-state index contributed by atoms with van der Waals surface area (Å²) in [6.45, 7) is 2.55. The quantitative estimate of drug-likeness (QED) is 0.784. The molecule has 86 valence electrons. The van der Waals surface area contributed by atoms with Gasteiger partial charge in [0, 0.05) is 6.20 Å². The van der Waals surface area contributed by atoms with Gasteiger partial charge in [-0.2, -0.15) is 18.4 Å². The van der Waals surface area contributed by atoms with Crippen molar-refractivity contribution in [3.8, 4) is 11.9 Å². The van der Waals surface area contributed by atoms with Gasteiger partial charge in [-0.3, -0.25) is 0 Å². The van der Waals surface area contributed by atoms with Crippen LogP contribution in [0.4, 0.5) is 13.2 Å². The second-order valence-electron chi connectivity index (χ2n) is 3.28. The number of pyridine rings is 1. The third kappa shape index (κ3) is 2.86. The maximum Gasteiger partial charge on any atom is 0.425 e. The first-order valence-electron chi connectivity index (χ1n) is 4.44. The predicted molar refractivity (Wildman–Crippen MR) is 49.8 cm³/mol. The van der Waals surface area contributed by atoms with Crippen molar-refractivity contribution in [2.75, 3.05) is 0 Å². The third-order valence-electron chi connectivity index (χ3n) is 1.86. The van der Waals surface area contributed by atoms with E-state index in [-0.39, 0.29) is 11.4 Å². The minimum atomic E-state index is -4.47. The molecule has 1 atom stereocenters. The lowest BCUT2D eigenvalue weighted by Crippen LogP contribution is -2.31. The minimum absolute atomic E-state index is 0.00361. The Balaban J connectivity index is 2.95. The van der Waals surface area contributed by atoms with Gasteiger partial charge in [0.05, 0.1) is 0 Å². The summed E-state index contributed by atoms with van der Waals surface area (Å²) >= 11 is 0. The molecule has 1 rings (SSSR count). The minimum Gasteiger partial charge on any atom is -0.464 e. The molecule has 3 nitrogen and oxygen atoms in total. The molecule has 0 aliphatic heterocycles. The van der Waals surface area contributed by atoms with E-state index in [1.54, 1.807) is 13.0 Å². The van der Waals surface area contributed by atoms with Gasteiger partial charge in [-0.05, 0) is 25.5 Å².